The summed E-state index contributed by atoms with van der Waals surface area (Å²) in [6.45, 7) is 4.03. The Morgan fingerprint density at radius 3 is 3.00 bits per heavy atom. The molecule has 0 amide bonds. The van der Waals surface area contributed by atoms with Crippen LogP contribution in [0.4, 0.5) is 5.82 Å². The normalized spacial score (nSPS) is 25.5. The van der Waals surface area contributed by atoms with Crippen LogP contribution in [-0.2, 0) is 0 Å². The third kappa shape index (κ3) is 1.36. The molecule has 0 saturated carbocycles. The van der Waals surface area contributed by atoms with Gasteiger partial charge < -0.3 is 10.6 Å². The average Bonchev–Trinajstić information content (AvgIpc) is 2.85. The molecule has 5 heteroatoms. The molecule has 0 spiro atoms. The zero-order valence-corrected chi connectivity index (χ0v) is 9.24. The number of anilines is 1. The predicted octanol–water partition coefficient (Wildman–Crippen LogP) is 0.513. The fraction of sp³-hybridized carbons (Fsp3) is 0.455. The van der Waals surface area contributed by atoms with Gasteiger partial charge >= 0.3 is 0 Å². The molecule has 0 aromatic carbocycles. The monoisotopic (exact) mass is 217 g/mol. The highest BCUT2D eigenvalue weighted by atomic mass is 15.3. The molecule has 1 fully saturated rings. The van der Waals surface area contributed by atoms with Crippen LogP contribution in [0.3, 0.4) is 0 Å². The van der Waals surface area contributed by atoms with Crippen molar-refractivity contribution in [1.29, 1.82) is 0 Å². The molecule has 1 saturated heterocycles. The van der Waals surface area contributed by atoms with Crippen molar-refractivity contribution in [3.8, 4) is 0 Å². The van der Waals surface area contributed by atoms with Gasteiger partial charge in [-0.15, -0.1) is 0 Å². The third-order valence-corrected chi connectivity index (χ3v) is 3.27. The first kappa shape index (κ1) is 9.59. The van der Waals surface area contributed by atoms with E-state index in [2.05, 4.69) is 21.9 Å². The minimum atomic E-state index is 0.241. The maximum Gasteiger partial charge on any atom is 0.154 e. The molecule has 2 N–H and O–H groups in total. The summed E-state index contributed by atoms with van der Waals surface area (Å²) in [5.41, 5.74) is 7.08. The van der Waals surface area contributed by atoms with Crippen LogP contribution in [0.25, 0.3) is 5.52 Å². The molecule has 16 heavy (non-hydrogen) atoms. The number of hydrogen-bond donors (Lipinski definition) is 1. The highest BCUT2D eigenvalue weighted by molar-refractivity contribution is 5.68. The number of hydrogen-bond acceptors (Lipinski definition) is 4. The van der Waals surface area contributed by atoms with Crippen LogP contribution in [0.2, 0.25) is 0 Å². The lowest BCUT2D eigenvalue weighted by Gasteiger charge is -2.17. The van der Waals surface area contributed by atoms with Crippen LogP contribution >= 0.6 is 0 Å². The zero-order valence-electron chi connectivity index (χ0n) is 9.24. The molecular formula is C11H15N5. The molecule has 0 bridgehead atoms. The molecule has 0 radical (unpaired) electrons. The molecular weight excluding hydrogens is 202 g/mol. The van der Waals surface area contributed by atoms with E-state index >= 15 is 0 Å². The lowest BCUT2D eigenvalue weighted by molar-refractivity contribution is 0.566. The molecule has 2 unspecified atom stereocenters. The van der Waals surface area contributed by atoms with Gasteiger partial charge in [0.1, 0.15) is 5.52 Å². The second-order valence-electron chi connectivity index (χ2n) is 4.46. The van der Waals surface area contributed by atoms with Gasteiger partial charge in [-0.05, 0) is 12.0 Å². The van der Waals surface area contributed by atoms with Crippen LogP contribution in [0.15, 0.2) is 24.7 Å². The van der Waals surface area contributed by atoms with E-state index in [-0.39, 0.29) is 6.04 Å². The number of rotatable bonds is 1. The van der Waals surface area contributed by atoms with Gasteiger partial charge in [-0.25, -0.2) is 9.50 Å². The van der Waals surface area contributed by atoms with Gasteiger partial charge in [-0.3, -0.25) is 0 Å². The Balaban J connectivity index is 2.03. The summed E-state index contributed by atoms with van der Waals surface area (Å²) >= 11 is 0. The Hall–Kier alpha value is -1.62. The van der Waals surface area contributed by atoms with Gasteiger partial charge in [0, 0.05) is 31.5 Å². The van der Waals surface area contributed by atoms with Crippen LogP contribution < -0.4 is 10.6 Å². The Morgan fingerprint density at radius 1 is 1.38 bits per heavy atom. The molecule has 84 valence electrons. The number of fused-ring (bicyclic) bond motifs is 1. The van der Waals surface area contributed by atoms with Gasteiger partial charge in [-0.1, -0.05) is 6.92 Å². The van der Waals surface area contributed by atoms with Crippen molar-refractivity contribution in [2.45, 2.75) is 13.0 Å². The minimum absolute atomic E-state index is 0.241. The molecule has 1 aliphatic heterocycles. The van der Waals surface area contributed by atoms with E-state index in [1.807, 2.05) is 16.8 Å². The third-order valence-electron chi connectivity index (χ3n) is 3.27. The SMILES string of the molecule is CC1CN(c2nccn3nccc23)CC1N. The second-order valence-corrected chi connectivity index (χ2v) is 4.46. The maximum atomic E-state index is 6.03. The average molecular weight is 217 g/mol. The minimum Gasteiger partial charge on any atom is -0.353 e. The fourth-order valence-corrected chi connectivity index (χ4v) is 2.25. The quantitative estimate of drug-likeness (QED) is 0.756. The highest BCUT2D eigenvalue weighted by Crippen LogP contribution is 2.24. The maximum absolute atomic E-state index is 6.03. The van der Waals surface area contributed by atoms with E-state index in [9.17, 15) is 0 Å². The summed E-state index contributed by atoms with van der Waals surface area (Å²) in [4.78, 5) is 6.68. The summed E-state index contributed by atoms with van der Waals surface area (Å²) in [6.07, 6.45) is 5.43. The van der Waals surface area contributed by atoms with Crippen molar-refractivity contribution in [1.82, 2.24) is 14.6 Å². The van der Waals surface area contributed by atoms with Crippen LogP contribution in [-0.4, -0.2) is 33.7 Å². The van der Waals surface area contributed by atoms with Crippen molar-refractivity contribution in [2.75, 3.05) is 18.0 Å². The van der Waals surface area contributed by atoms with Gasteiger partial charge in [0.25, 0.3) is 0 Å². The Kier molecular flexibility index (Phi) is 2.07. The lowest BCUT2D eigenvalue weighted by atomic mass is 10.1. The van der Waals surface area contributed by atoms with E-state index in [1.54, 1.807) is 12.4 Å². The largest absolute Gasteiger partial charge is 0.353 e. The van der Waals surface area contributed by atoms with E-state index < -0.39 is 0 Å². The molecule has 2 aromatic rings. The topological polar surface area (TPSA) is 59.5 Å². The number of aromatic nitrogens is 3. The molecule has 2 atom stereocenters. The van der Waals surface area contributed by atoms with E-state index in [1.165, 1.54) is 0 Å². The van der Waals surface area contributed by atoms with Gasteiger partial charge in [0.15, 0.2) is 5.82 Å². The van der Waals surface area contributed by atoms with Crippen LogP contribution in [0.5, 0.6) is 0 Å². The first-order chi connectivity index (χ1) is 7.75. The van der Waals surface area contributed by atoms with Crippen molar-refractivity contribution in [3.05, 3.63) is 24.7 Å². The Labute approximate surface area is 93.9 Å². The van der Waals surface area contributed by atoms with E-state index in [0.717, 1.165) is 24.4 Å². The highest BCUT2D eigenvalue weighted by Gasteiger charge is 2.28. The molecule has 5 nitrogen and oxygen atoms in total. The van der Waals surface area contributed by atoms with Crippen LogP contribution in [0, 0.1) is 5.92 Å². The summed E-state index contributed by atoms with van der Waals surface area (Å²) < 4.78 is 1.84. The molecule has 2 aromatic heterocycles. The molecule has 1 aliphatic rings. The molecule has 3 heterocycles. The lowest BCUT2D eigenvalue weighted by Crippen LogP contribution is -2.28. The predicted molar refractivity (Wildman–Crippen MR) is 62.3 cm³/mol. The van der Waals surface area contributed by atoms with E-state index in [4.69, 9.17) is 5.73 Å². The van der Waals surface area contributed by atoms with Crippen LogP contribution in [0.1, 0.15) is 6.92 Å². The Bertz CT molecular complexity index is 496. The summed E-state index contributed by atoms with van der Waals surface area (Å²) in [5, 5.41) is 4.21. The van der Waals surface area contributed by atoms with Gasteiger partial charge in [-0.2, -0.15) is 5.10 Å². The fourth-order valence-electron chi connectivity index (χ4n) is 2.25. The van der Waals surface area contributed by atoms with Gasteiger partial charge in [0.05, 0.1) is 6.20 Å². The van der Waals surface area contributed by atoms with Crippen molar-refractivity contribution < 1.29 is 0 Å². The van der Waals surface area contributed by atoms with Gasteiger partial charge in [0.2, 0.25) is 0 Å². The number of nitrogens with two attached hydrogens (primary N) is 1. The number of nitrogens with zero attached hydrogens (tertiary/aromatic N) is 4. The first-order valence-electron chi connectivity index (χ1n) is 5.54. The summed E-state index contributed by atoms with van der Waals surface area (Å²) in [7, 11) is 0. The second kappa shape index (κ2) is 3.45. The molecule has 3 rings (SSSR count). The van der Waals surface area contributed by atoms with Crippen molar-refractivity contribution >= 4 is 11.3 Å². The Morgan fingerprint density at radius 2 is 2.25 bits per heavy atom. The summed E-state index contributed by atoms with van der Waals surface area (Å²) in [6, 6.07) is 2.22. The zero-order chi connectivity index (χ0) is 11.1. The van der Waals surface area contributed by atoms with E-state index in [0.29, 0.717) is 5.92 Å². The molecule has 0 aliphatic carbocycles. The smallest absolute Gasteiger partial charge is 0.154 e. The summed E-state index contributed by atoms with van der Waals surface area (Å²) in [5.74, 6) is 1.50. The van der Waals surface area contributed by atoms with Crippen molar-refractivity contribution in [2.24, 2.45) is 11.7 Å². The standard InChI is InChI=1S/C11H15N5/c1-8-6-15(7-9(8)12)11-10-2-3-14-16(10)5-4-13-11/h2-5,8-9H,6-7,12H2,1H3. The first-order valence-corrected chi connectivity index (χ1v) is 5.54. The van der Waals surface area contributed by atoms with Crippen molar-refractivity contribution in [3.63, 3.8) is 0 Å².